The molecule has 2 nitrogen and oxygen atoms in total. The van der Waals surface area contributed by atoms with E-state index >= 15 is 0 Å². The highest BCUT2D eigenvalue weighted by Gasteiger charge is 2.00. The Morgan fingerprint density at radius 2 is 1.82 bits per heavy atom. The Balaban J connectivity index is 1.88. The van der Waals surface area contributed by atoms with Crippen LogP contribution in [0.25, 0.3) is 0 Å². The monoisotopic (exact) mass is 292 g/mol. The van der Waals surface area contributed by atoms with Gasteiger partial charge in [0.05, 0.1) is 11.1 Å². The van der Waals surface area contributed by atoms with Crippen LogP contribution in [0.4, 0.5) is 0 Å². The topological polar surface area (TPSA) is 29.5 Å². The molecule has 0 radical (unpaired) electrons. The van der Waals surface area contributed by atoms with Crippen molar-refractivity contribution < 1.29 is 9.84 Å². The zero-order valence-electron chi connectivity index (χ0n) is 9.27. The number of ether oxygens (including phenoxy) is 1. The van der Waals surface area contributed by atoms with Crippen molar-refractivity contribution in [1.29, 1.82) is 0 Å². The van der Waals surface area contributed by atoms with Crippen LogP contribution in [0.2, 0.25) is 0 Å². The van der Waals surface area contributed by atoms with Crippen LogP contribution in [0.3, 0.4) is 0 Å². The minimum absolute atomic E-state index is 0.262. The second-order valence-electron chi connectivity index (χ2n) is 3.70. The predicted molar refractivity (Wildman–Crippen MR) is 71.4 cm³/mol. The highest BCUT2D eigenvalue weighted by molar-refractivity contribution is 9.10. The first-order valence-electron chi connectivity index (χ1n) is 5.41. The number of aromatic hydroxyl groups is 1. The molecule has 2 rings (SSSR count). The largest absolute Gasteiger partial charge is 0.507 e. The van der Waals surface area contributed by atoms with Crippen LogP contribution in [0.5, 0.6) is 11.5 Å². The molecule has 2 aromatic rings. The Morgan fingerprint density at radius 3 is 2.53 bits per heavy atom. The maximum absolute atomic E-state index is 9.37. The minimum Gasteiger partial charge on any atom is -0.507 e. The van der Waals surface area contributed by atoms with Crippen LogP contribution >= 0.6 is 15.9 Å². The summed E-state index contributed by atoms with van der Waals surface area (Å²) in [6.45, 7) is 0.626. The van der Waals surface area contributed by atoms with Crippen molar-refractivity contribution >= 4 is 15.9 Å². The third-order valence-corrected chi connectivity index (χ3v) is 3.05. The third-order valence-electron chi connectivity index (χ3n) is 2.41. The van der Waals surface area contributed by atoms with Gasteiger partial charge < -0.3 is 9.84 Å². The Kier molecular flexibility index (Phi) is 4.04. The van der Waals surface area contributed by atoms with Gasteiger partial charge in [-0.15, -0.1) is 0 Å². The number of hydrogen-bond acceptors (Lipinski definition) is 2. The number of para-hydroxylation sites is 1. The molecular formula is C14H13BrO2. The Hall–Kier alpha value is -1.48. The molecule has 1 N–H and O–H groups in total. The van der Waals surface area contributed by atoms with Crippen molar-refractivity contribution in [2.24, 2.45) is 0 Å². The zero-order chi connectivity index (χ0) is 12.1. The summed E-state index contributed by atoms with van der Waals surface area (Å²) in [5, 5.41) is 9.37. The molecule has 3 heteroatoms. The van der Waals surface area contributed by atoms with Gasteiger partial charge in [-0.05, 0) is 45.8 Å². The van der Waals surface area contributed by atoms with E-state index in [1.807, 2.05) is 42.5 Å². The molecule has 0 unspecified atom stereocenters. The van der Waals surface area contributed by atoms with Crippen LogP contribution in [-0.2, 0) is 6.42 Å². The number of phenols is 1. The third kappa shape index (κ3) is 3.49. The summed E-state index contributed by atoms with van der Waals surface area (Å²) in [5.41, 5.74) is 1.13. The first-order valence-corrected chi connectivity index (χ1v) is 6.20. The van der Waals surface area contributed by atoms with E-state index in [1.54, 1.807) is 6.07 Å². The standard InChI is InChI=1S/C14H13BrO2/c15-13-10-11(6-7-14(13)16)8-9-17-12-4-2-1-3-5-12/h1-7,10,16H,8-9H2. The Bertz CT molecular complexity index is 483. The molecule has 0 fully saturated rings. The van der Waals surface area contributed by atoms with Gasteiger partial charge in [0.2, 0.25) is 0 Å². The van der Waals surface area contributed by atoms with Crippen molar-refractivity contribution in [3.63, 3.8) is 0 Å². The lowest BCUT2D eigenvalue weighted by Gasteiger charge is -2.06. The first kappa shape index (κ1) is 12.0. The molecule has 17 heavy (non-hydrogen) atoms. The van der Waals surface area contributed by atoms with Crippen molar-refractivity contribution in [2.45, 2.75) is 6.42 Å². The number of rotatable bonds is 4. The van der Waals surface area contributed by atoms with E-state index in [-0.39, 0.29) is 5.75 Å². The molecular weight excluding hydrogens is 280 g/mol. The predicted octanol–water partition coefficient (Wildman–Crippen LogP) is 3.78. The molecule has 0 aliphatic carbocycles. The van der Waals surface area contributed by atoms with Crippen LogP contribution in [0.1, 0.15) is 5.56 Å². The van der Waals surface area contributed by atoms with Crippen LogP contribution in [0, 0.1) is 0 Å². The molecule has 0 atom stereocenters. The van der Waals surface area contributed by atoms with Crippen LogP contribution in [0.15, 0.2) is 53.0 Å². The maximum Gasteiger partial charge on any atom is 0.129 e. The molecule has 0 heterocycles. The molecule has 0 aromatic heterocycles. The summed E-state index contributed by atoms with van der Waals surface area (Å²) in [6.07, 6.45) is 0.813. The zero-order valence-corrected chi connectivity index (χ0v) is 10.9. The van der Waals surface area contributed by atoms with Gasteiger partial charge in [-0.3, -0.25) is 0 Å². The summed E-state index contributed by atoms with van der Waals surface area (Å²) in [7, 11) is 0. The lowest BCUT2D eigenvalue weighted by Crippen LogP contribution is -2.01. The van der Waals surface area contributed by atoms with Gasteiger partial charge in [-0.25, -0.2) is 0 Å². The van der Waals surface area contributed by atoms with Gasteiger partial charge in [0.25, 0.3) is 0 Å². The highest BCUT2D eigenvalue weighted by atomic mass is 79.9. The van der Waals surface area contributed by atoms with E-state index < -0.39 is 0 Å². The second kappa shape index (κ2) is 5.73. The number of hydrogen-bond donors (Lipinski definition) is 1. The number of benzene rings is 2. The molecule has 0 aliphatic rings. The van der Waals surface area contributed by atoms with Gasteiger partial charge in [0.1, 0.15) is 11.5 Å². The number of halogens is 1. The fourth-order valence-electron chi connectivity index (χ4n) is 1.51. The fourth-order valence-corrected chi connectivity index (χ4v) is 1.94. The normalized spacial score (nSPS) is 10.2. The Morgan fingerprint density at radius 1 is 1.06 bits per heavy atom. The molecule has 88 valence electrons. The van der Waals surface area contributed by atoms with Gasteiger partial charge in [-0.1, -0.05) is 24.3 Å². The molecule has 0 amide bonds. The quantitative estimate of drug-likeness (QED) is 0.929. The summed E-state index contributed by atoms with van der Waals surface area (Å²) >= 11 is 3.29. The van der Waals surface area contributed by atoms with Gasteiger partial charge in [0, 0.05) is 6.42 Å². The van der Waals surface area contributed by atoms with Crippen molar-refractivity contribution in [3.05, 3.63) is 58.6 Å². The second-order valence-corrected chi connectivity index (χ2v) is 4.55. The molecule has 0 bridgehead atoms. The van der Waals surface area contributed by atoms with Gasteiger partial charge in [0.15, 0.2) is 0 Å². The molecule has 0 saturated carbocycles. The van der Waals surface area contributed by atoms with E-state index in [0.717, 1.165) is 22.2 Å². The number of phenolic OH excluding ortho intramolecular Hbond substituents is 1. The average Bonchev–Trinajstić information content (AvgIpc) is 2.35. The molecule has 0 saturated heterocycles. The van der Waals surface area contributed by atoms with Crippen molar-refractivity contribution in [1.82, 2.24) is 0 Å². The van der Waals surface area contributed by atoms with E-state index in [1.165, 1.54) is 0 Å². The van der Waals surface area contributed by atoms with E-state index in [0.29, 0.717) is 6.61 Å². The Labute approximate surface area is 109 Å². The summed E-state index contributed by atoms with van der Waals surface area (Å²) in [5.74, 6) is 1.14. The van der Waals surface area contributed by atoms with Crippen LogP contribution < -0.4 is 4.74 Å². The van der Waals surface area contributed by atoms with E-state index in [4.69, 9.17) is 4.74 Å². The minimum atomic E-state index is 0.262. The maximum atomic E-state index is 9.37. The lowest BCUT2D eigenvalue weighted by molar-refractivity contribution is 0.322. The smallest absolute Gasteiger partial charge is 0.129 e. The molecule has 0 aliphatic heterocycles. The highest BCUT2D eigenvalue weighted by Crippen LogP contribution is 2.24. The van der Waals surface area contributed by atoms with Crippen molar-refractivity contribution in [2.75, 3.05) is 6.61 Å². The summed E-state index contributed by atoms with van der Waals surface area (Å²) in [4.78, 5) is 0. The first-order chi connectivity index (χ1) is 8.25. The van der Waals surface area contributed by atoms with Crippen LogP contribution in [-0.4, -0.2) is 11.7 Å². The SMILES string of the molecule is Oc1ccc(CCOc2ccccc2)cc1Br. The molecule has 0 spiro atoms. The van der Waals surface area contributed by atoms with Gasteiger partial charge >= 0.3 is 0 Å². The molecule has 2 aromatic carbocycles. The fraction of sp³-hybridized carbons (Fsp3) is 0.143. The summed E-state index contributed by atoms with van der Waals surface area (Å²) in [6, 6.07) is 15.2. The van der Waals surface area contributed by atoms with E-state index in [9.17, 15) is 5.11 Å². The average molecular weight is 293 g/mol. The van der Waals surface area contributed by atoms with Gasteiger partial charge in [-0.2, -0.15) is 0 Å². The van der Waals surface area contributed by atoms with E-state index in [2.05, 4.69) is 15.9 Å². The summed E-state index contributed by atoms with van der Waals surface area (Å²) < 4.78 is 6.32. The van der Waals surface area contributed by atoms with Crippen molar-refractivity contribution in [3.8, 4) is 11.5 Å². The lowest BCUT2D eigenvalue weighted by atomic mass is 10.1.